The minimum Gasteiger partial charge on any atom is -0.484 e. The number of benzene rings is 1. The molecule has 6 nitrogen and oxygen atoms in total. The van der Waals surface area contributed by atoms with E-state index in [0.29, 0.717) is 21.9 Å². The van der Waals surface area contributed by atoms with Crippen LogP contribution >= 0.6 is 11.3 Å². The van der Waals surface area contributed by atoms with Crippen LogP contribution in [0.2, 0.25) is 0 Å². The number of hydrogen-bond acceptors (Lipinski definition) is 6. The van der Waals surface area contributed by atoms with Crippen LogP contribution in [-0.2, 0) is 9.53 Å². The first-order valence-electron chi connectivity index (χ1n) is 7.07. The highest BCUT2D eigenvalue weighted by molar-refractivity contribution is 7.16. The molecule has 7 heteroatoms. The van der Waals surface area contributed by atoms with Crippen LogP contribution in [-0.4, -0.2) is 25.6 Å². The number of anilines is 1. The molecule has 1 aromatic carbocycles. The van der Waals surface area contributed by atoms with Crippen molar-refractivity contribution in [2.24, 2.45) is 0 Å². The van der Waals surface area contributed by atoms with Crippen LogP contribution in [0.15, 0.2) is 24.3 Å². The molecule has 0 fully saturated rings. The fourth-order valence-corrected chi connectivity index (χ4v) is 3.09. The summed E-state index contributed by atoms with van der Waals surface area (Å²) in [5.41, 5.74) is 1.59. The van der Waals surface area contributed by atoms with E-state index < -0.39 is 11.9 Å². The Labute approximate surface area is 143 Å². The van der Waals surface area contributed by atoms with E-state index in [-0.39, 0.29) is 6.61 Å². The number of nitrogens with zero attached hydrogens (tertiary/aromatic N) is 1. The summed E-state index contributed by atoms with van der Waals surface area (Å²) in [4.78, 5) is 24.9. The summed E-state index contributed by atoms with van der Waals surface area (Å²) in [7, 11) is 1.30. The van der Waals surface area contributed by atoms with Gasteiger partial charge in [-0.3, -0.25) is 4.79 Å². The van der Waals surface area contributed by atoms with Gasteiger partial charge in [-0.2, -0.15) is 5.26 Å². The number of carbonyl (C=O) groups excluding carboxylic acids is 2. The van der Waals surface area contributed by atoms with Crippen molar-refractivity contribution in [3.63, 3.8) is 0 Å². The van der Waals surface area contributed by atoms with Crippen molar-refractivity contribution in [3.8, 4) is 11.8 Å². The summed E-state index contributed by atoms with van der Waals surface area (Å²) in [6.07, 6.45) is 0. The standard InChI is InChI=1S/C17H16N2O4S/c1-10-11(2)24-16(15(10)17(21)22-3)19-14(20)9-23-13-6-4-5-12(7-13)8-18/h4-7H,9H2,1-3H3,(H,19,20). The Hall–Kier alpha value is -2.85. The average Bonchev–Trinajstić information content (AvgIpc) is 2.86. The number of ether oxygens (including phenoxy) is 2. The maximum atomic E-state index is 12.1. The SMILES string of the molecule is COC(=O)c1c(NC(=O)COc2cccc(C#N)c2)sc(C)c1C. The molecule has 0 unspecified atom stereocenters. The van der Waals surface area contributed by atoms with Crippen molar-refractivity contribution in [2.45, 2.75) is 13.8 Å². The van der Waals surface area contributed by atoms with Gasteiger partial charge in [0, 0.05) is 4.88 Å². The third-order valence-corrected chi connectivity index (χ3v) is 4.48. The van der Waals surface area contributed by atoms with Gasteiger partial charge in [-0.25, -0.2) is 4.79 Å². The Bertz CT molecular complexity index is 820. The first-order chi connectivity index (χ1) is 11.5. The molecule has 0 aliphatic carbocycles. The Balaban J connectivity index is 2.06. The van der Waals surface area contributed by atoms with E-state index in [1.54, 1.807) is 31.2 Å². The van der Waals surface area contributed by atoms with Gasteiger partial charge in [0.1, 0.15) is 10.8 Å². The molecule has 0 atom stereocenters. The first-order valence-corrected chi connectivity index (χ1v) is 7.89. The predicted octanol–water partition coefficient (Wildman–Crippen LogP) is 3.04. The van der Waals surface area contributed by atoms with Gasteiger partial charge in [0.25, 0.3) is 5.91 Å². The Morgan fingerprint density at radius 3 is 2.75 bits per heavy atom. The van der Waals surface area contributed by atoms with E-state index in [4.69, 9.17) is 14.7 Å². The van der Waals surface area contributed by atoms with Gasteiger partial charge in [-0.15, -0.1) is 11.3 Å². The van der Waals surface area contributed by atoms with Crippen molar-refractivity contribution in [1.82, 2.24) is 0 Å². The largest absolute Gasteiger partial charge is 0.484 e. The zero-order valence-corrected chi connectivity index (χ0v) is 14.3. The molecule has 1 N–H and O–H groups in total. The molecule has 0 aliphatic heterocycles. The number of methoxy groups -OCH3 is 1. The Kier molecular flexibility index (Phi) is 5.55. The van der Waals surface area contributed by atoms with Crippen LogP contribution in [0.25, 0.3) is 0 Å². The van der Waals surface area contributed by atoms with Gasteiger partial charge in [-0.05, 0) is 37.6 Å². The van der Waals surface area contributed by atoms with Gasteiger partial charge < -0.3 is 14.8 Å². The van der Waals surface area contributed by atoms with Crippen molar-refractivity contribution >= 4 is 28.2 Å². The molecule has 0 radical (unpaired) electrons. The molecule has 0 aliphatic rings. The lowest BCUT2D eigenvalue weighted by Gasteiger charge is -2.08. The van der Waals surface area contributed by atoms with Crippen LogP contribution in [0, 0.1) is 25.2 Å². The molecule has 1 aromatic heterocycles. The zero-order valence-electron chi connectivity index (χ0n) is 13.5. The molecule has 2 aromatic rings. The van der Waals surface area contributed by atoms with Gasteiger partial charge in [0.15, 0.2) is 6.61 Å². The van der Waals surface area contributed by atoms with E-state index in [0.717, 1.165) is 10.4 Å². The second kappa shape index (κ2) is 7.62. The smallest absolute Gasteiger partial charge is 0.341 e. The third kappa shape index (κ3) is 3.91. The monoisotopic (exact) mass is 344 g/mol. The molecule has 0 bridgehead atoms. The second-order valence-electron chi connectivity index (χ2n) is 4.96. The summed E-state index contributed by atoms with van der Waals surface area (Å²) in [5.74, 6) is -0.463. The number of esters is 1. The van der Waals surface area contributed by atoms with Crippen LogP contribution < -0.4 is 10.1 Å². The summed E-state index contributed by atoms with van der Waals surface area (Å²) < 4.78 is 10.1. The Morgan fingerprint density at radius 1 is 1.33 bits per heavy atom. The first kappa shape index (κ1) is 17.5. The number of hydrogen-bond donors (Lipinski definition) is 1. The fraction of sp³-hybridized carbons (Fsp3) is 0.235. The number of amides is 1. The van der Waals surface area contributed by atoms with Crippen molar-refractivity contribution < 1.29 is 19.1 Å². The quantitative estimate of drug-likeness (QED) is 0.842. The lowest BCUT2D eigenvalue weighted by molar-refractivity contribution is -0.118. The predicted molar refractivity (Wildman–Crippen MR) is 90.4 cm³/mol. The van der Waals surface area contributed by atoms with Crippen molar-refractivity contribution in [1.29, 1.82) is 5.26 Å². The van der Waals surface area contributed by atoms with Crippen LogP contribution in [0.1, 0.15) is 26.4 Å². The number of aryl methyl sites for hydroxylation is 1. The molecule has 1 heterocycles. The minimum atomic E-state index is -0.491. The fourth-order valence-electron chi connectivity index (χ4n) is 2.03. The number of rotatable bonds is 5. The second-order valence-corrected chi connectivity index (χ2v) is 6.18. The van der Waals surface area contributed by atoms with Crippen LogP contribution in [0.5, 0.6) is 5.75 Å². The highest BCUT2D eigenvalue weighted by Crippen LogP contribution is 2.32. The summed E-state index contributed by atoms with van der Waals surface area (Å²) in [6.45, 7) is 3.44. The number of nitriles is 1. The van der Waals surface area contributed by atoms with Gasteiger partial charge in [0.05, 0.1) is 24.3 Å². The normalized spacial score (nSPS) is 9.92. The van der Waals surface area contributed by atoms with E-state index in [9.17, 15) is 9.59 Å². The molecular weight excluding hydrogens is 328 g/mol. The van der Waals surface area contributed by atoms with Gasteiger partial charge >= 0.3 is 5.97 Å². The molecule has 0 saturated carbocycles. The van der Waals surface area contributed by atoms with E-state index in [1.807, 2.05) is 13.0 Å². The average molecular weight is 344 g/mol. The molecule has 1 amide bonds. The third-order valence-electron chi connectivity index (χ3n) is 3.36. The maximum Gasteiger partial charge on any atom is 0.341 e. The number of thiophene rings is 1. The topological polar surface area (TPSA) is 88.4 Å². The molecule has 24 heavy (non-hydrogen) atoms. The lowest BCUT2D eigenvalue weighted by atomic mass is 10.1. The van der Waals surface area contributed by atoms with Crippen molar-refractivity contribution in [3.05, 3.63) is 45.8 Å². The lowest BCUT2D eigenvalue weighted by Crippen LogP contribution is -2.21. The number of nitrogens with one attached hydrogen (secondary N) is 1. The molecule has 0 saturated heterocycles. The molecule has 2 rings (SSSR count). The van der Waals surface area contributed by atoms with Gasteiger partial charge in [-0.1, -0.05) is 6.07 Å². The molecular formula is C17H16N2O4S. The van der Waals surface area contributed by atoms with Crippen molar-refractivity contribution in [2.75, 3.05) is 19.0 Å². The van der Waals surface area contributed by atoms with E-state index in [2.05, 4.69) is 5.32 Å². The minimum absolute atomic E-state index is 0.231. The molecule has 124 valence electrons. The zero-order chi connectivity index (χ0) is 17.7. The summed E-state index contributed by atoms with van der Waals surface area (Å²) in [5, 5.41) is 12.0. The van der Waals surface area contributed by atoms with Crippen LogP contribution in [0.4, 0.5) is 5.00 Å². The molecule has 0 spiro atoms. The summed E-state index contributed by atoms with van der Waals surface area (Å²) >= 11 is 1.31. The highest BCUT2D eigenvalue weighted by atomic mass is 32.1. The van der Waals surface area contributed by atoms with Gasteiger partial charge in [0.2, 0.25) is 0 Å². The Morgan fingerprint density at radius 2 is 2.08 bits per heavy atom. The van der Waals surface area contributed by atoms with Crippen LogP contribution in [0.3, 0.4) is 0 Å². The maximum absolute atomic E-state index is 12.1. The van der Waals surface area contributed by atoms with E-state index in [1.165, 1.54) is 18.4 Å². The highest BCUT2D eigenvalue weighted by Gasteiger charge is 2.21. The summed E-state index contributed by atoms with van der Waals surface area (Å²) in [6, 6.07) is 8.53. The number of carbonyl (C=O) groups is 2. The van der Waals surface area contributed by atoms with E-state index >= 15 is 0 Å².